The zero-order chi connectivity index (χ0) is 14.8. The molecule has 0 aliphatic carbocycles. The Morgan fingerprint density at radius 1 is 1.45 bits per heavy atom. The molecule has 1 atom stereocenters. The molecule has 2 rings (SSSR count). The smallest absolute Gasteiger partial charge is 0.244 e. The summed E-state index contributed by atoms with van der Waals surface area (Å²) in [6.07, 6.45) is 2.04. The first-order valence-corrected chi connectivity index (χ1v) is 9.60. The summed E-state index contributed by atoms with van der Waals surface area (Å²) in [5, 5.41) is 5.18. The van der Waals surface area contributed by atoms with Crippen molar-refractivity contribution >= 4 is 21.4 Å². The average molecular weight is 316 g/mol. The van der Waals surface area contributed by atoms with Crippen molar-refractivity contribution in [1.82, 2.24) is 9.62 Å². The molecule has 1 aliphatic heterocycles. The van der Waals surface area contributed by atoms with Gasteiger partial charge in [-0.2, -0.15) is 4.31 Å². The molecule has 1 aromatic rings. The summed E-state index contributed by atoms with van der Waals surface area (Å²) in [5.74, 6) is 0.515. The zero-order valence-electron chi connectivity index (χ0n) is 12.5. The fraction of sp³-hybridized carbons (Fsp3) is 0.714. The first kappa shape index (κ1) is 15.9. The van der Waals surface area contributed by atoms with E-state index >= 15 is 0 Å². The van der Waals surface area contributed by atoms with E-state index in [1.807, 2.05) is 19.2 Å². The van der Waals surface area contributed by atoms with Crippen LogP contribution in [0.2, 0.25) is 0 Å². The number of thiophene rings is 1. The summed E-state index contributed by atoms with van der Waals surface area (Å²) in [7, 11) is -3.33. The van der Waals surface area contributed by atoms with Crippen LogP contribution < -0.4 is 5.32 Å². The van der Waals surface area contributed by atoms with Gasteiger partial charge in [-0.3, -0.25) is 0 Å². The van der Waals surface area contributed by atoms with Crippen LogP contribution in [0.1, 0.15) is 37.1 Å². The zero-order valence-corrected chi connectivity index (χ0v) is 14.1. The molecule has 1 fully saturated rings. The van der Waals surface area contributed by atoms with Gasteiger partial charge in [0.15, 0.2) is 0 Å². The second kappa shape index (κ2) is 6.56. The van der Waals surface area contributed by atoms with Gasteiger partial charge in [0.05, 0.1) is 0 Å². The van der Waals surface area contributed by atoms with Crippen LogP contribution in [-0.4, -0.2) is 32.4 Å². The molecule has 20 heavy (non-hydrogen) atoms. The molecule has 114 valence electrons. The van der Waals surface area contributed by atoms with Gasteiger partial charge in [-0.05, 0) is 36.8 Å². The highest BCUT2D eigenvalue weighted by atomic mass is 32.2. The molecule has 1 aliphatic rings. The Morgan fingerprint density at radius 2 is 2.20 bits per heavy atom. The van der Waals surface area contributed by atoms with Crippen molar-refractivity contribution in [1.29, 1.82) is 0 Å². The molecule has 1 N–H and O–H groups in total. The molecule has 1 unspecified atom stereocenters. The highest BCUT2D eigenvalue weighted by molar-refractivity contribution is 7.89. The van der Waals surface area contributed by atoms with E-state index in [1.54, 1.807) is 4.31 Å². The van der Waals surface area contributed by atoms with Crippen LogP contribution in [0.25, 0.3) is 0 Å². The Morgan fingerprint density at radius 3 is 2.80 bits per heavy atom. The molecular weight excluding hydrogens is 292 g/mol. The quantitative estimate of drug-likeness (QED) is 0.877. The van der Waals surface area contributed by atoms with E-state index in [9.17, 15) is 8.42 Å². The fourth-order valence-electron chi connectivity index (χ4n) is 2.67. The summed E-state index contributed by atoms with van der Waals surface area (Å²) in [6, 6.07) is 0. The van der Waals surface area contributed by atoms with Crippen molar-refractivity contribution in [3.05, 3.63) is 15.8 Å². The van der Waals surface area contributed by atoms with Crippen LogP contribution in [-0.2, 0) is 16.6 Å². The second-order valence-corrected chi connectivity index (χ2v) is 8.22. The number of nitrogens with one attached hydrogen (secondary N) is 1. The van der Waals surface area contributed by atoms with Crippen molar-refractivity contribution in [2.24, 2.45) is 5.92 Å². The number of nitrogens with zero attached hydrogens (tertiary/aromatic N) is 1. The van der Waals surface area contributed by atoms with Crippen molar-refractivity contribution < 1.29 is 8.42 Å². The van der Waals surface area contributed by atoms with Crippen molar-refractivity contribution in [2.75, 3.05) is 19.6 Å². The van der Waals surface area contributed by atoms with Gasteiger partial charge < -0.3 is 5.32 Å². The van der Waals surface area contributed by atoms with E-state index in [0.29, 0.717) is 30.4 Å². The van der Waals surface area contributed by atoms with Crippen molar-refractivity contribution in [2.45, 2.75) is 45.1 Å². The second-order valence-electron chi connectivity index (χ2n) is 5.38. The molecular formula is C14H24N2O2S2. The number of rotatable bonds is 6. The topological polar surface area (TPSA) is 49.4 Å². The lowest BCUT2D eigenvalue weighted by molar-refractivity contribution is 0.452. The van der Waals surface area contributed by atoms with Crippen LogP contribution in [0.15, 0.2) is 10.3 Å². The van der Waals surface area contributed by atoms with Gasteiger partial charge in [0, 0.05) is 24.5 Å². The molecule has 0 bridgehead atoms. The molecule has 0 amide bonds. The lowest BCUT2D eigenvalue weighted by Gasteiger charge is -2.18. The molecule has 0 radical (unpaired) electrons. The lowest BCUT2D eigenvalue weighted by atomic mass is 10.1. The third-order valence-electron chi connectivity index (χ3n) is 3.95. The first-order chi connectivity index (χ1) is 9.50. The summed E-state index contributed by atoms with van der Waals surface area (Å²) < 4.78 is 27.4. The van der Waals surface area contributed by atoms with Gasteiger partial charge in [0.25, 0.3) is 0 Å². The van der Waals surface area contributed by atoms with Gasteiger partial charge in [-0.15, -0.1) is 11.3 Å². The van der Waals surface area contributed by atoms with Gasteiger partial charge in [-0.1, -0.05) is 20.3 Å². The summed E-state index contributed by atoms with van der Waals surface area (Å²) in [6.45, 7) is 8.87. The number of sulfonamides is 1. The Hall–Kier alpha value is -0.430. The van der Waals surface area contributed by atoms with E-state index in [1.165, 1.54) is 11.3 Å². The Balaban J connectivity index is 2.27. The van der Waals surface area contributed by atoms with E-state index < -0.39 is 10.0 Å². The Labute approximate surface area is 126 Å². The third-order valence-corrected chi connectivity index (χ3v) is 7.28. The van der Waals surface area contributed by atoms with Crippen LogP contribution in [0, 0.1) is 12.8 Å². The predicted octanol–water partition coefficient (Wildman–Crippen LogP) is 2.59. The third kappa shape index (κ3) is 3.08. The molecule has 1 saturated heterocycles. The number of aryl methyl sites for hydroxylation is 1. The normalized spacial score (nSPS) is 20.6. The van der Waals surface area contributed by atoms with Crippen molar-refractivity contribution in [3.63, 3.8) is 0 Å². The highest BCUT2D eigenvalue weighted by Gasteiger charge is 2.34. The van der Waals surface area contributed by atoms with Crippen LogP contribution >= 0.6 is 11.3 Å². The molecule has 1 aromatic heterocycles. The monoisotopic (exact) mass is 316 g/mol. The maximum Gasteiger partial charge on any atom is 0.244 e. The minimum Gasteiger partial charge on any atom is -0.312 e. The minimum absolute atomic E-state index is 0.515. The fourth-order valence-corrected chi connectivity index (χ4v) is 5.93. The van der Waals surface area contributed by atoms with Crippen LogP contribution in [0.4, 0.5) is 0 Å². The maximum atomic E-state index is 12.9. The predicted molar refractivity (Wildman–Crippen MR) is 83.6 cm³/mol. The largest absolute Gasteiger partial charge is 0.312 e. The molecule has 2 heterocycles. The Bertz CT molecular complexity index is 552. The van der Waals surface area contributed by atoms with Gasteiger partial charge in [0.1, 0.15) is 4.90 Å². The number of hydrogen-bond acceptors (Lipinski definition) is 4. The van der Waals surface area contributed by atoms with E-state index in [0.717, 1.165) is 29.8 Å². The van der Waals surface area contributed by atoms with Crippen molar-refractivity contribution in [3.8, 4) is 0 Å². The maximum absolute atomic E-state index is 12.9. The molecule has 4 nitrogen and oxygen atoms in total. The van der Waals surface area contributed by atoms with Gasteiger partial charge >= 0.3 is 0 Å². The molecule has 0 spiro atoms. The van der Waals surface area contributed by atoms with Gasteiger partial charge in [0.2, 0.25) is 10.0 Å². The molecule has 0 saturated carbocycles. The summed E-state index contributed by atoms with van der Waals surface area (Å²) in [4.78, 5) is 1.48. The first-order valence-electron chi connectivity index (χ1n) is 7.28. The average Bonchev–Trinajstić information content (AvgIpc) is 3.03. The number of hydrogen-bond donors (Lipinski definition) is 1. The summed E-state index contributed by atoms with van der Waals surface area (Å²) in [5.41, 5.74) is 0.878. The van der Waals surface area contributed by atoms with Crippen LogP contribution in [0.5, 0.6) is 0 Å². The highest BCUT2D eigenvalue weighted by Crippen LogP contribution is 2.32. The van der Waals surface area contributed by atoms with Gasteiger partial charge in [-0.25, -0.2) is 8.42 Å². The van der Waals surface area contributed by atoms with E-state index in [-0.39, 0.29) is 0 Å². The SMILES string of the molecule is CCNCc1scc(C)c1S(=O)(=O)N1CCC(CC)C1. The lowest BCUT2D eigenvalue weighted by Crippen LogP contribution is -2.30. The molecule has 0 aromatic carbocycles. The molecule has 6 heteroatoms. The Kier molecular flexibility index (Phi) is 5.23. The van der Waals surface area contributed by atoms with Crippen LogP contribution in [0.3, 0.4) is 0 Å². The minimum atomic E-state index is -3.33. The standard InChI is InChI=1S/C14H24N2O2S2/c1-4-12-6-7-16(9-12)20(17,18)14-11(3)10-19-13(14)8-15-5-2/h10,12,15H,4-9H2,1-3H3. The van der Waals surface area contributed by atoms with E-state index in [2.05, 4.69) is 12.2 Å². The van der Waals surface area contributed by atoms with E-state index in [4.69, 9.17) is 0 Å². The summed E-state index contributed by atoms with van der Waals surface area (Å²) >= 11 is 1.54.